The zero-order valence-electron chi connectivity index (χ0n) is 15.6. The molecule has 0 atom stereocenters. The van der Waals surface area contributed by atoms with Crippen molar-refractivity contribution in [1.82, 2.24) is 9.80 Å². The van der Waals surface area contributed by atoms with E-state index >= 15 is 0 Å². The Morgan fingerprint density at radius 1 is 1.28 bits per heavy atom. The third kappa shape index (κ3) is 7.56. The summed E-state index contributed by atoms with van der Waals surface area (Å²) in [5, 5.41) is 9.87. The van der Waals surface area contributed by atoms with Gasteiger partial charge in [-0.05, 0) is 44.0 Å². The molecule has 6 nitrogen and oxygen atoms in total. The Hall–Kier alpha value is -2.08. The zero-order valence-corrected chi connectivity index (χ0v) is 15.6. The molecule has 1 aliphatic carbocycles. The highest BCUT2D eigenvalue weighted by molar-refractivity contribution is 5.89. The van der Waals surface area contributed by atoms with Crippen LogP contribution in [0.3, 0.4) is 0 Å². The van der Waals surface area contributed by atoms with Crippen molar-refractivity contribution < 1.29 is 14.7 Å². The molecule has 0 bridgehead atoms. The van der Waals surface area contributed by atoms with Crippen molar-refractivity contribution in [3.05, 3.63) is 29.8 Å². The Bertz CT molecular complexity index is 530. The molecule has 0 heterocycles. The van der Waals surface area contributed by atoms with Crippen LogP contribution in [0.5, 0.6) is 0 Å². The fourth-order valence-corrected chi connectivity index (χ4v) is 3.02. The summed E-state index contributed by atoms with van der Waals surface area (Å²) in [5.74, 6) is 0. The third-order valence-electron chi connectivity index (χ3n) is 4.67. The van der Waals surface area contributed by atoms with E-state index in [-0.39, 0.29) is 12.5 Å². The number of benzene rings is 1. The fraction of sp³-hybridized carbons (Fsp3) is 0.579. The molecule has 1 aromatic carbocycles. The highest BCUT2D eigenvalue weighted by Crippen LogP contribution is 2.22. The van der Waals surface area contributed by atoms with Crippen LogP contribution in [0.15, 0.2) is 24.3 Å². The summed E-state index contributed by atoms with van der Waals surface area (Å²) in [6.45, 7) is 3.56. The maximum Gasteiger partial charge on any atom is 0.321 e. The molecule has 6 heteroatoms. The van der Waals surface area contributed by atoms with Gasteiger partial charge in [-0.3, -0.25) is 4.79 Å². The minimum absolute atomic E-state index is 0.0342. The molecule has 0 unspecified atom stereocenters. The molecule has 1 fully saturated rings. The second-order valence-electron chi connectivity index (χ2n) is 6.43. The van der Waals surface area contributed by atoms with Gasteiger partial charge in [0.2, 0.25) is 0 Å². The first-order chi connectivity index (χ1) is 12.0. The highest BCUT2D eigenvalue weighted by Gasteiger charge is 2.20. The lowest BCUT2D eigenvalue weighted by Crippen LogP contribution is -2.40. The SMILES string of the molecule is CCc1cccc(NC(=O)N(C)CCN(C)C2CCCC2)c1.O=CO. The van der Waals surface area contributed by atoms with Gasteiger partial charge < -0.3 is 20.2 Å². The van der Waals surface area contributed by atoms with E-state index in [2.05, 4.69) is 30.3 Å². The van der Waals surface area contributed by atoms with Crippen molar-refractivity contribution in [2.45, 2.75) is 45.1 Å². The molecule has 25 heavy (non-hydrogen) atoms. The number of hydrogen-bond acceptors (Lipinski definition) is 3. The van der Waals surface area contributed by atoms with Crippen molar-refractivity contribution in [3.8, 4) is 0 Å². The number of carbonyl (C=O) groups excluding carboxylic acids is 1. The molecule has 1 saturated carbocycles. The molecular formula is C19H31N3O3. The van der Waals surface area contributed by atoms with Gasteiger partial charge in [0.15, 0.2) is 0 Å². The van der Waals surface area contributed by atoms with Crippen molar-refractivity contribution in [2.75, 3.05) is 32.5 Å². The lowest BCUT2D eigenvalue weighted by atomic mass is 10.1. The van der Waals surface area contributed by atoms with E-state index in [1.165, 1.54) is 31.2 Å². The summed E-state index contributed by atoms with van der Waals surface area (Å²) in [5.41, 5.74) is 2.11. The Labute approximate surface area is 150 Å². The van der Waals surface area contributed by atoms with Gasteiger partial charge in [-0.1, -0.05) is 31.9 Å². The molecule has 2 N–H and O–H groups in total. The Morgan fingerprint density at radius 2 is 1.92 bits per heavy atom. The lowest BCUT2D eigenvalue weighted by molar-refractivity contribution is -0.122. The first-order valence-electron chi connectivity index (χ1n) is 8.91. The standard InChI is InChI=1S/C18H29N3O.CH2O2/c1-4-15-8-7-9-16(14-15)19-18(22)21(3)13-12-20(2)17-10-5-6-11-17;2-1-3/h7-9,14,17H,4-6,10-13H2,1-3H3,(H,19,22);1H,(H,2,3). The van der Waals surface area contributed by atoms with Gasteiger partial charge in [0.1, 0.15) is 0 Å². The number of hydrogen-bond donors (Lipinski definition) is 2. The summed E-state index contributed by atoms with van der Waals surface area (Å²) >= 11 is 0. The number of nitrogens with one attached hydrogen (secondary N) is 1. The maximum absolute atomic E-state index is 12.2. The summed E-state index contributed by atoms with van der Waals surface area (Å²) in [6.07, 6.45) is 6.27. The monoisotopic (exact) mass is 349 g/mol. The topological polar surface area (TPSA) is 72.9 Å². The quantitative estimate of drug-likeness (QED) is 0.773. The Kier molecular flexibility index (Phi) is 9.62. The van der Waals surface area contributed by atoms with E-state index in [0.717, 1.165) is 25.2 Å². The van der Waals surface area contributed by atoms with E-state index in [1.54, 1.807) is 4.90 Å². The number of aryl methyl sites for hydroxylation is 1. The molecule has 0 radical (unpaired) electrons. The molecule has 0 spiro atoms. The number of carbonyl (C=O) groups is 2. The minimum Gasteiger partial charge on any atom is -0.483 e. The second-order valence-corrected chi connectivity index (χ2v) is 6.43. The second kappa shape index (κ2) is 11.5. The van der Waals surface area contributed by atoms with Crippen LogP contribution in [0.4, 0.5) is 10.5 Å². The summed E-state index contributed by atoms with van der Waals surface area (Å²) in [4.78, 5) is 24.8. The lowest BCUT2D eigenvalue weighted by Gasteiger charge is -2.27. The van der Waals surface area contributed by atoms with Crippen molar-refractivity contribution >= 4 is 18.2 Å². The van der Waals surface area contributed by atoms with Crippen LogP contribution in [0.1, 0.15) is 38.2 Å². The maximum atomic E-state index is 12.2. The minimum atomic E-state index is -0.250. The van der Waals surface area contributed by atoms with Crippen molar-refractivity contribution in [2.24, 2.45) is 0 Å². The first kappa shape index (κ1) is 21.0. The summed E-state index contributed by atoms with van der Waals surface area (Å²) in [7, 11) is 4.04. The zero-order chi connectivity index (χ0) is 18.7. The number of amides is 2. The van der Waals surface area contributed by atoms with Gasteiger partial charge in [0.05, 0.1) is 0 Å². The molecular weight excluding hydrogens is 318 g/mol. The molecule has 0 aromatic heterocycles. The van der Waals surface area contributed by atoms with Crippen LogP contribution in [0, 0.1) is 0 Å². The summed E-state index contributed by atoms with van der Waals surface area (Å²) < 4.78 is 0. The van der Waals surface area contributed by atoms with Crippen LogP contribution in [0.25, 0.3) is 0 Å². The van der Waals surface area contributed by atoms with Crippen molar-refractivity contribution in [1.29, 1.82) is 0 Å². The molecule has 1 aromatic rings. The average molecular weight is 349 g/mol. The van der Waals surface area contributed by atoms with E-state index in [9.17, 15) is 4.79 Å². The first-order valence-corrected chi connectivity index (χ1v) is 8.91. The number of rotatable bonds is 6. The number of nitrogens with zero attached hydrogens (tertiary/aromatic N) is 2. The Morgan fingerprint density at radius 3 is 2.52 bits per heavy atom. The molecule has 140 valence electrons. The largest absolute Gasteiger partial charge is 0.483 e. The van der Waals surface area contributed by atoms with E-state index in [4.69, 9.17) is 9.90 Å². The molecule has 0 saturated heterocycles. The normalized spacial score (nSPS) is 13.9. The van der Waals surface area contributed by atoms with Gasteiger partial charge >= 0.3 is 6.03 Å². The summed E-state index contributed by atoms with van der Waals surface area (Å²) in [6, 6.07) is 8.72. The molecule has 1 aliphatic rings. The van der Waals surface area contributed by atoms with E-state index in [1.807, 2.05) is 25.2 Å². The van der Waals surface area contributed by atoms with Crippen LogP contribution in [0.2, 0.25) is 0 Å². The average Bonchev–Trinajstić information content (AvgIpc) is 3.15. The van der Waals surface area contributed by atoms with Crippen LogP contribution < -0.4 is 5.32 Å². The van der Waals surface area contributed by atoms with E-state index in [0.29, 0.717) is 6.04 Å². The molecule has 2 rings (SSSR count). The third-order valence-corrected chi connectivity index (χ3v) is 4.67. The van der Waals surface area contributed by atoms with Gasteiger partial charge in [-0.15, -0.1) is 0 Å². The fourth-order valence-electron chi connectivity index (χ4n) is 3.02. The van der Waals surface area contributed by atoms with Crippen LogP contribution >= 0.6 is 0 Å². The number of carboxylic acid groups (broad SMARTS) is 1. The number of anilines is 1. The van der Waals surface area contributed by atoms with Gasteiger partial charge in [0.25, 0.3) is 6.47 Å². The molecule has 2 amide bonds. The van der Waals surface area contributed by atoms with Crippen LogP contribution in [-0.4, -0.2) is 60.6 Å². The van der Waals surface area contributed by atoms with Gasteiger partial charge in [0, 0.05) is 31.9 Å². The van der Waals surface area contributed by atoms with Gasteiger partial charge in [-0.2, -0.15) is 0 Å². The molecule has 0 aliphatic heterocycles. The van der Waals surface area contributed by atoms with E-state index < -0.39 is 0 Å². The number of urea groups is 1. The Balaban J connectivity index is 0.000000970. The smallest absolute Gasteiger partial charge is 0.321 e. The highest BCUT2D eigenvalue weighted by atomic mass is 16.3. The van der Waals surface area contributed by atoms with Crippen molar-refractivity contribution in [3.63, 3.8) is 0 Å². The number of likely N-dealkylation sites (N-methyl/N-ethyl adjacent to an activating group) is 2. The predicted molar refractivity (Wildman–Crippen MR) is 101 cm³/mol. The predicted octanol–water partition coefficient (Wildman–Crippen LogP) is 3.29. The van der Waals surface area contributed by atoms with Gasteiger partial charge in [-0.25, -0.2) is 4.79 Å². The van der Waals surface area contributed by atoms with Crippen LogP contribution in [-0.2, 0) is 11.2 Å².